The van der Waals surface area contributed by atoms with Crippen LogP contribution < -0.4 is 10.1 Å². The molecule has 6 nitrogen and oxygen atoms in total. The Morgan fingerprint density at radius 1 is 1.07 bits per heavy atom. The topological polar surface area (TPSA) is 69.0 Å². The van der Waals surface area contributed by atoms with Gasteiger partial charge in [-0.3, -0.25) is 4.79 Å². The van der Waals surface area contributed by atoms with Gasteiger partial charge in [0.2, 0.25) is 5.88 Å². The van der Waals surface area contributed by atoms with Gasteiger partial charge in [0.05, 0.1) is 11.0 Å². The molecule has 0 fully saturated rings. The van der Waals surface area contributed by atoms with Gasteiger partial charge in [0.1, 0.15) is 11.6 Å². The van der Waals surface area contributed by atoms with Crippen LogP contribution in [0.5, 0.6) is 11.6 Å². The number of fused-ring (bicyclic) bond motifs is 1. The number of carbonyl (C=O) groups is 1. The Hall–Kier alpha value is -3.67. The summed E-state index contributed by atoms with van der Waals surface area (Å²) in [5.74, 6) is 2.09. The normalized spacial score (nSPS) is 10.9. The lowest BCUT2D eigenvalue weighted by atomic mass is 10.1. The lowest BCUT2D eigenvalue weighted by Gasteiger charge is -2.10. The van der Waals surface area contributed by atoms with Crippen LogP contribution in [0.3, 0.4) is 0 Å². The Morgan fingerprint density at radius 2 is 1.90 bits per heavy atom. The number of ether oxygens (including phenoxy) is 1. The van der Waals surface area contributed by atoms with Crippen molar-refractivity contribution in [3.63, 3.8) is 0 Å². The first-order valence-electron chi connectivity index (χ1n) is 9.82. The number of aromatic nitrogens is 3. The molecule has 0 radical (unpaired) electrons. The monoisotopic (exact) mass is 400 g/mol. The third kappa shape index (κ3) is 4.03. The van der Waals surface area contributed by atoms with Crippen LogP contribution in [-0.2, 0) is 13.6 Å². The summed E-state index contributed by atoms with van der Waals surface area (Å²) in [5.41, 5.74) is 5.49. The van der Waals surface area contributed by atoms with Gasteiger partial charge in [-0.1, -0.05) is 18.2 Å². The van der Waals surface area contributed by atoms with Crippen molar-refractivity contribution >= 4 is 16.9 Å². The number of rotatable bonds is 5. The van der Waals surface area contributed by atoms with Gasteiger partial charge in [-0.15, -0.1) is 0 Å². The second-order valence-corrected chi connectivity index (χ2v) is 7.48. The van der Waals surface area contributed by atoms with Gasteiger partial charge in [-0.2, -0.15) is 0 Å². The van der Waals surface area contributed by atoms with E-state index < -0.39 is 0 Å². The van der Waals surface area contributed by atoms with Crippen LogP contribution in [0.15, 0.2) is 54.7 Å². The predicted octanol–water partition coefficient (Wildman–Crippen LogP) is 4.62. The summed E-state index contributed by atoms with van der Waals surface area (Å²) in [6.07, 6.45) is 1.71. The summed E-state index contributed by atoms with van der Waals surface area (Å²) in [4.78, 5) is 21.4. The molecule has 4 aromatic rings. The number of nitrogens with one attached hydrogen (secondary N) is 1. The van der Waals surface area contributed by atoms with E-state index in [4.69, 9.17) is 4.74 Å². The molecule has 0 saturated carbocycles. The van der Waals surface area contributed by atoms with E-state index in [1.54, 1.807) is 6.20 Å². The van der Waals surface area contributed by atoms with Crippen molar-refractivity contribution in [2.45, 2.75) is 27.3 Å². The molecule has 0 bridgehead atoms. The third-order valence-corrected chi connectivity index (χ3v) is 5.18. The minimum Gasteiger partial charge on any atom is -0.439 e. The fraction of sp³-hybridized carbons (Fsp3) is 0.208. The van der Waals surface area contributed by atoms with Crippen molar-refractivity contribution in [3.05, 3.63) is 82.8 Å². The number of hydrogen-bond donors (Lipinski definition) is 1. The Labute approximate surface area is 175 Å². The zero-order valence-electron chi connectivity index (χ0n) is 17.6. The summed E-state index contributed by atoms with van der Waals surface area (Å²) in [5, 5.41) is 2.93. The van der Waals surface area contributed by atoms with Crippen molar-refractivity contribution in [2.24, 2.45) is 7.05 Å². The van der Waals surface area contributed by atoms with Gasteiger partial charge in [0, 0.05) is 31.4 Å². The van der Waals surface area contributed by atoms with Gasteiger partial charge in [-0.25, -0.2) is 9.97 Å². The van der Waals surface area contributed by atoms with E-state index in [1.807, 2.05) is 80.9 Å². The standard InChI is InChI=1S/C24H24N4O2/c1-15-5-6-16(2)22(11-15)30-23-10-7-18(13-25-23)14-26-24(29)19-8-9-21-20(12-19)27-17(3)28(21)4/h5-13H,14H2,1-4H3,(H,26,29). The quantitative estimate of drug-likeness (QED) is 0.531. The molecule has 2 heterocycles. The zero-order chi connectivity index (χ0) is 21.3. The molecule has 0 saturated heterocycles. The second-order valence-electron chi connectivity index (χ2n) is 7.48. The van der Waals surface area contributed by atoms with Gasteiger partial charge in [0.15, 0.2) is 0 Å². The largest absolute Gasteiger partial charge is 0.439 e. The first kappa shape index (κ1) is 19.6. The summed E-state index contributed by atoms with van der Waals surface area (Å²) in [6.45, 7) is 6.36. The number of pyridine rings is 1. The number of imidazole rings is 1. The highest BCUT2D eigenvalue weighted by molar-refractivity contribution is 5.97. The Morgan fingerprint density at radius 3 is 2.67 bits per heavy atom. The van der Waals surface area contributed by atoms with Crippen molar-refractivity contribution in [1.82, 2.24) is 19.9 Å². The molecule has 0 spiro atoms. The SMILES string of the molecule is Cc1ccc(C)c(Oc2ccc(CNC(=O)c3ccc4c(c3)nc(C)n4C)cn2)c1. The molecule has 6 heteroatoms. The van der Waals surface area contributed by atoms with Gasteiger partial charge < -0.3 is 14.6 Å². The van der Waals surface area contributed by atoms with E-state index in [9.17, 15) is 4.79 Å². The molecule has 0 aliphatic rings. The van der Waals surface area contributed by atoms with Crippen LogP contribution in [0.25, 0.3) is 11.0 Å². The molecule has 30 heavy (non-hydrogen) atoms. The molecule has 2 aromatic carbocycles. The maximum atomic E-state index is 12.5. The van der Waals surface area contributed by atoms with E-state index in [2.05, 4.69) is 15.3 Å². The van der Waals surface area contributed by atoms with Crippen molar-refractivity contribution in [3.8, 4) is 11.6 Å². The fourth-order valence-corrected chi connectivity index (χ4v) is 3.25. The maximum Gasteiger partial charge on any atom is 0.251 e. The number of aryl methyl sites for hydroxylation is 4. The van der Waals surface area contributed by atoms with Crippen molar-refractivity contribution in [2.75, 3.05) is 0 Å². The van der Waals surface area contributed by atoms with Crippen molar-refractivity contribution < 1.29 is 9.53 Å². The summed E-state index contributed by atoms with van der Waals surface area (Å²) in [6, 6.07) is 15.3. The van der Waals surface area contributed by atoms with Crippen molar-refractivity contribution in [1.29, 1.82) is 0 Å². The van der Waals surface area contributed by atoms with E-state index >= 15 is 0 Å². The molecule has 0 atom stereocenters. The summed E-state index contributed by atoms with van der Waals surface area (Å²) < 4.78 is 7.89. The molecule has 4 rings (SSSR count). The van der Waals surface area contributed by atoms with Crippen LogP contribution in [0, 0.1) is 20.8 Å². The number of carbonyl (C=O) groups excluding carboxylic acids is 1. The lowest BCUT2D eigenvalue weighted by molar-refractivity contribution is 0.0951. The van der Waals surface area contributed by atoms with Gasteiger partial charge >= 0.3 is 0 Å². The molecule has 2 aromatic heterocycles. The lowest BCUT2D eigenvalue weighted by Crippen LogP contribution is -2.22. The van der Waals surface area contributed by atoms with E-state index in [1.165, 1.54) is 0 Å². The van der Waals surface area contributed by atoms with Crippen LogP contribution in [0.1, 0.15) is 32.9 Å². The predicted molar refractivity (Wildman–Crippen MR) is 117 cm³/mol. The molecule has 1 amide bonds. The highest BCUT2D eigenvalue weighted by atomic mass is 16.5. The minimum atomic E-state index is -0.143. The number of nitrogens with zero attached hydrogens (tertiary/aromatic N) is 3. The average molecular weight is 400 g/mol. The smallest absolute Gasteiger partial charge is 0.251 e. The molecule has 152 valence electrons. The second kappa shape index (κ2) is 7.99. The molecule has 0 aliphatic heterocycles. The summed E-state index contributed by atoms with van der Waals surface area (Å²) >= 11 is 0. The molecular weight excluding hydrogens is 376 g/mol. The number of amides is 1. The average Bonchev–Trinajstić information content (AvgIpc) is 3.03. The highest BCUT2D eigenvalue weighted by Crippen LogP contribution is 2.24. The first-order valence-corrected chi connectivity index (χ1v) is 9.82. The first-order chi connectivity index (χ1) is 14.4. The number of hydrogen-bond acceptors (Lipinski definition) is 4. The Kier molecular flexibility index (Phi) is 5.23. The maximum absolute atomic E-state index is 12.5. The van der Waals surface area contributed by atoms with Crippen LogP contribution >= 0.6 is 0 Å². The molecular formula is C24H24N4O2. The molecule has 0 aliphatic carbocycles. The Bertz CT molecular complexity index is 1230. The highest BCUT2D eigenvalue weighted by Gasteiger charge is 2.10. The fourth-order valence-electron chi connectivity index (χ4n) is 3.25. The van der Waals surface area contributed by atoms with E-state index in [0.717, 1.165) is 39.3 Å². The van der Waals surface area contributed by atoms with Gasteiger partial charge in [-0.05, 0) is 61.7 Å². The minimum absolute atomic E-state index is 0.143. The van der Waals surface area contributed by atoms with Gasteiger partial charge in [0.25, 0.3) is 5.91 Å². The van der Waals surface area contributed by atoms with Crippen LogP contribution in [0.2, 0.25) is 0 Å². The summed E-state index contributed by atoms with van der Waals surface area (Å²) in [7, 11) is 1.96. The molecule has 0 unspecified atom stereocenters. The Balaban J connectivity index is 1.40. The van der Waals surface area contributed by atoms with Crippen LogP contribution in [0.4, 0.5) is 0 Å². The number of benzene rings is 2. The van der Waals surface area contributed by atoms with Crippen LogP contribution in [-0.4, -0.2) is 20.4 Å². The zero-order valence-corrected chi connectivity index (χ0v) is 17.6. The van der Waals surface area contributed by atoms with E-state index in [0.29, 0.717) is 18.0 Å². The van der Waals surface area contributed by atoms with E-state index in [-0.39, 0.29) is 5.91 Å². The molecule has 1 N–H and O–H groups in total. The third-order valence-electron chi connectivity index (χ3n) is 5.18.